The Balaban J connectivity index is 1.54. The number of fused-ring (bicyclic) bond motifs is 3. The third-order valence-electron chi connectivity index (χ3n) is 6.89. The molecule has 2 saturated carbocycles. The molecule has 160 valence electrons. The van der Waals surface area contributed by atoms with Crippen molar-refractivity contribution < 1.29 is 39.4 Å². The predicted molar refractivity (Wildman–Crippen MR) is 100 cm³/mol. The van der Waals surface area contributed by atoms with E-state index in [2.05, 4.69) is 19.7 Å². The highest BCUT2D eigenvalue weighted by atomic mass is 16.7. The van der Waals surface area contributed by atoms with E-state index in [4.69, 9.17) is 14.2 Å². The van der Waals surface area contributed by atoms with Crippen LogP contribution in [0.15, 0.2) is 36.5 Å². The van der Waals surface area contributed by atoms with Crippen molar-refractivity contribution in [1.29, 1.82) is 0 Å². The highest BCUT2D eigenvalue weighted by molar-refractivity contribution is 5.91. The summed E-state index contributed by atoms with van der Waals surface area (Å²) in [4.78, 5) is 12.1. The molecule has 29 heavy (non-hydrogen) atoms. The summed E-state index contributed by atoms with van der Waals surface area (Å²) in [5.74, 6) is -0.631. The Bertz CT molecular complexity index is 730. The van der Waals surface area contributed by atoms with E-state index < -0.39 is 43.4 Å². The molecule has 0 bridgehead atoms. The SMILES string of the molecule is C=C1[C@@H]2[C@H]3OC(=O)C(=C)[C@@H]3CCC(=C)[C@@H]2C[C@@H]1O[C@@H]1O[C@H](CO)[C@@H](O)[C@H](O)[C@H]1O. The number of carbonyl (C=O) groups excluding carboxylic acids is 1. The molecular weight excluding hydrogens is 380 g/mol. The number of ether oxygens (including phenoxy) is 3. The Morgan fingerprint density at radius 3 is 2.48 bits per heavy atom. The lowest BCUT2D eigenvalue weighted by Crippen LogP contribution is -2.59. The number of aliphatic hydroxyl groups excluding tert-OH is 4. The molecule has 0 aromatic heterocycles. The number of aliphatic hydroxyl groups is 4. The summed E-state index contributed by atoms with van der Waals surface area (Å²) in [6.07, 6.45) is -5.57. The average molecular weight is 408 g/mol. The van der Waals surface area contributed by atoms with Crippen LogP contribution in [0.3, 0.4) is 0 Å². The fourth-order valence-corrected chi connectivity index (χ4v) is 5.17. The predicted octanol–water partition coefficient (Wildman–Crippen LogP) is -0.188. The van der Waals surface area contributed by atoms with E-state index in [1.165, 1.54) is 0 Å². The van der Waals surface area contributed by atoms with E-state index in [-0.39, 0.29) is 29.8 Å². The molecular formula is C21H28O8. The van der Waals surface area contributed by atoms with Crippen LogP contribution in [0, 0.1) is 17.8 Å². The quantitative estimate of drug-likeness (QED) is 0.288. The van der Waals surface area contributed by atoms with Crippen molar-refractivity contribution in [3.63, 3.8) is 0 Å². The Morgan fingerprint density at radius 1 is 1.07 bits per heavy atom. The van der Waals surface area contributed by atoms with E-state index >= 15 is 0 Å². The minimum atomic E-state index is -1.51. The largest absolute Gasteiger partial charge is 0.458 e. The molecule has 0 amide bonds. The van der Waals surface area contributed by atoms with Gasteiger partial charge in [0.15, 0.2) is 6.29 Å². The maximum absolute atomic E-state index is 12.1. The number of rotatable bonds is 3. The molecule has 2 aliphatic heterocycles. The summed E-state index contributed by atoms with van der Waals surface area (Å²) >= 11 is 0. The van der Waals surface area contributed by atoms with Crippen LogP contribution in [0.1, 0.15) is 19.3 Å². The van der Waals surface area contributed by atoms with E-state index in [1.54, 1.807) is 0 Å². The van der Waals surface area contributed by atoms with Crippen LogP contribution < -0.4 is 0 Å². The van der Waals surface area contributed by atoms with Crippen molar-refractivity contribution >= 4 is 5.97 Å². The first-order valence-electron chi connectivity index (χ1n) is 9.96. The zero-order valence-electron chi connectivity index (χ0n) is 16.1. The molecule has 10 atom stereocenters. The molecule has 4 aliphatic rings. The number of hydrogen-bond donors (Lipinski definition) is 4. The molecule has 8 heteroatoms. The molecule has 2 heterocycles. The molecule has 4 rings (SSSR count). The van der Waals surface area contributed by atoms with Crippen molar-refractivity contribution in [3.8, 4) is 0 Å². The minimum absolute atomic E-state index is 0.00564. The lowest BCUT2D eigenvalue weighted by atomic mass is 9.82. The third-order valence-corrected chi connectivity index (χ3v) is 6.89. The number of hydrogen-bond acceptors (Lipinski definition) is 8. The molecule has 0 spiro atoms. The second-order valence-electron chi connectivity index (χ2n) is 8.46. The standard InChI is InChI=1S/C21H28O8/c1-8-4-5-11-9(2)20(26)29-19(11)15-10(3)13(6-12(8)15)27-21-18(25)17(24)16(23)14(7-22)28-21/h11-19,21-25H,1-7H2/t11-,12-,13-,14+,15-,16+,17-,18+,19-,21+/m0/s1. The lowest BCUT2D eigenvalue weighted by Gasteiger charge is -2.40. The number of allylic oxidation sites excluding steroid dienone is 1. The van der Waals surface area contributed by atoms with Crippen LogP contribution >= 0.6 is 0 Å². The van der Waals surface area contributed by atoms with Gasteiger partial charge in [-0.15, -0.1) is 0 Å². The maximum atomic E-state index is 12.1. The Kier molecular flexibility index (Phi) is 5.43. The van der Waals surface area contributed by atoms with Crippen LogP contribution in [-0.4, -0.2) is 75.9 Å². The second kappa shape index (κ2) is 7.61. The zero-order valence-corrected chi connectivity index (χ0v) is 16.1. The van der Waals surface area contributed by atoms with Gasteiger partial charge in [-0.05, 0) is 30.8 Å². The van der Waals surface area contributed by atoms with Gasteiger partial charge < -0.3 is 34.6 Å². The fourth-order valence-electron chi connectivity index (χ4n) is 5.17. The zero-order chi connectivity index (χ0) is 21.0. The molecule has 2 saturated heterocycles. The van der Waals surface area contributed by atoms with Crippen molar-refractivity contribution in [1.82, 2.24) is 0 Å². The average Bonchev–Trinajstić information content (AvgIpc) is 3.11. The fraction of sp³-hybridized carbons (Fsp3) is 0.667. The Labute approximate surface area is 169 Å². The van der Waals surface area contributed by atoms with Gasteiger partial charge in [0.2, 0.25) is 0 Å². The second-order valence-corrected chi connectivity index (χ2v) is 8.46. The molecule has 4 fully saturated rings. The Morgan fingerprint density at radius 2 is 1.79 bits per heavy atom. The van der Waals surface area contributed by atoms with E-state index in [0.29, 0.717) is 17.6 Å². The summed E-state index contributed by atoms with van der Waals surface area (Å²) in [5, 5.41) is 39.6. The molecule has 0 unspecified atom stereocenters. The Hall–Kier alpha value is -1.55. The normalized spacial score (nSPS) is 47.6. The third kappa shape index (κ3) is 3.28. The van der Waals surface area contributed by atoms with Gasteiger partial charge in [-0.25, -0.2) is 4.79 Å². The van der Waals surface area contributed by atoms with Gasteiger partial charge in [0.25, 0.3) is 0 Å². The van der Waals surface area contributed by atoms with Gasteiger partial charge in [-0.1, -0.05) is 25.3 Å². The van der Waals surface area contributed by atoms with Crippen LogP contribution in [0.4, 0.5) is 0 Å². The summed E-state index contributed by atoms with van der Waals surface area (Å²) in [5.41, 5.74) is 2.23. The smallest absolute Gasteiger partial charge is 0.334 e. The molecule has 0 aromatic rings. The number of carbonyl (C=O) groups is 1. The molecule has 8 nitrogen and oxygen atoms in total. The highest BCUT2D eigenvalue weighted by Gasteiger charge is 2.54. The van der Waals surface area contributed by atoms with Crippen molar-refractivity contribution in [2.24, 2.45) is 17.8 Å². The highest BCUT2D eigenvalue weighted by Crippen LogP contribution is 2.53. The van der Waals surface area contributed by atoms with E-state index in [9.17, 15) is 25.2 Å². The van der Waals surface area contributed by atoms with Crippen LogP contribution in [-0.2, 0) is 19.0 Å². The van der Waals surface area contributed by atoms with E-state index in [0.717, 1.165) is 18.4 Å². The van der Waals surface area contributed by atoms with Crippen LogP contribution in [0.2, 0.25) is 0 Å². The first-order chi connectivity index (χ1) is 13.7. The monoisotopic (exact) mass is 408 g/mol. The molecule has 0 aromatic carbocycles. The first kappa shape index (κ1) is 20.7. The number of esters is 1. The van der Waals surface area contributed by atoms with Gasteiger partial charge in [-0.2, -0.15) is 0 Å². The minimum Gasteiger partial charge on any atom is -0.458 e. The molecule has 4 N–H and O–H groups in total. The van der Waals surface area contributed by atoms with Crippen molar-refractivity contribution in [2.45, 2.75) is 62.2 Å². The van der Waals surface area contributed by atoms with Gasteiger partial charge >= 0.3 is 5.97 Å². The van der Waals surface area contributed by atoms with Gasteiger partial charge in [0.05, 0.1) is 12.7 Å². The van der Waals surface area contributed by atoms with Crippen molar-refractivity contribution in [3.05, 3.63) is 36.5 Å². The van der Waals surface area contributed by atoms with Gasteiger partial charge in [0, 0.05) is 17.4 Å². The summed E-state index contributed by atoms with van der Waals surface area (Å²) in [6, 6.07) is 0. The summed E-state index contributed by atoms with van der Waals surface area (Å²) < 4.78 is 17.1. The van der Waals surface area contributed by atoms with Gasteiger partial charge in [-0.3, -0.25) is 0 Å². The first-order valence-corrected chi connectivity index (χ1v) is 9.96. The molecule has 2 aliphatic carbocycles. The maximum Gasteiger partial charge on any atom is 0.334 e. The van der Waals surface area contributed by atoms with Gasteiger partial charge in [0.1, 0.15) is 30.5 Å². The van der Waals surface area contributed by atoms with Crippen molar-refractivity contribution in [2.75, 3.05) is 6.61 Å². The van der Waals surface area contributed by atoms with Crippen LogP contribution in [0.5, 0.6) is 0 Å². The topological polar surface area (TPSA) is 126 Å². The van der Waals surface area contributed by atoms with Crippen LogP contribution in [0.25, 0.3) is 0 Å². The van der Waals surface area contributed by atoms with E-state index in [1.807, 2.05) is 0 Å². The summed E-state index contributed by atoms with van der Waals surface area (Å²) in [7, 11) is 0. The lowest BCUT2D eigenvalue weighted by molar-refractivity contribution is -0.308. The summed E-state index contributed by atoms with van der Waals surface area (Å²) in [6.45, 7) is 11.8. The molecule has 0 radical (unpaired) electrons.